The summed E-state index contributed by atoms with van der Waals surface area (Å²) in [6.07, 6.45) is -0.532. The first-order valence-corrected chi connectivity index (χ1v) is 4.79. The fraction of sp³-hybridized carbons (Fsp3) is 0.400. The minimum Gasteiger partial charge on any atom is -0.491 e. The van der Waals surface area contributed by atoms with Gasteiger partial charge in [0.15, 0.2) is 11.5 Å². The third-order valence-electron chi connectivity index (χ3n) is 2.12. The van der Waals surface area contributed by atoms with Crippen molar-refractivity contribution in [1.82, 2.24) is 0 Å². The normalized spacial score (nSPS) is 15.1. The van der Waals surface area contributed by atoms with Gasteiger partial charge in [-0.3, -0.25) is 0 Å². The summed E-state index contributed by atoms with van der Waals surface area (Å²) < 4.78 is 15.7. The van der Waals surface area contributed by atoms with E-state index >= 15 is 0 Å². The van der Waals surface area contributed by atoms with Crippen LogP contribution in [0.25, 0.3) is 0 Å². The van der Waals surface area contributed by atoms with Crippen molar-refractivity contribution < 1.29 is 25.1 Å². The molecule has 0 saturated heterocycles. The van der Waals surface area contributed by atoms with Crippen molar-refractivity contribution >= 4 is 0 Å². The Labute approximate surface area is 87.4 Å². The third-order valence-corrected chi connectivity index (χ3v) is 2.12. The van der Waals surface area contributed by atoms with E-state index in [2.05, 4.69) is 5.73 Å². The SMILES string of the molecule is [NH3+]C[C@H](O)COc1ccc2c(c1)OCO2. The van der Waals surface area contributed by atoms with E-state index < -0.39 is 6.10 Å². The van der Waals surface area contributed by atoms with Crippen LogP contribution < -0.4 is 19.9 Å². The maximum Gasteiger partial charge on any atom is 0.231 e. The molecule has 2 rings (SSSR count). The minimum absolute atomic E-state index is 0.239. The van der Waals surface area contributed by atoms with Gasteiger partial charge >= 0.3 is 0 Å². The first-order valence-electron chi connectivity index (χ1n) is 4.79. The van der Waals surface area contributed by atoms with E-state index in [1.165, 1.54) is 0 Å². The van der Waals surface area contributed by atoms with Gasteiger partial charge in [0.1, 0.15) is 25.0 Å². The van der Waals surface area contributed by atoms with Crippen LogP contribution in [-0.4, -0.2) is 31.2 Å². The summed E-state index contributed by atoms with van der Waals surface area (Å²) in [5.74, 6) is 2.06. The lowest BCUT2D eigenvalue weighted by molar-refractivity contribution is -0.384. The van der Waals surface area contributed by atoms with Crippen molar-refractivity contribution in [2.75, 3.05) is 19.9 Å². The third kappa shape index (κ3) is 2.31. The summed E-state index contributed by atoms with van der Waals surface area (Å²) in [4.78, 5) is 0. The molecule has 4 N–H and O–H groups in total. The molecule has 0 aliphatic carbocycles. The molecule has 5 nitrogen and oxygen atoms in total. The van der Waals surface area contributed by atoms with Crippen molar-refractivity contribution in [3.63, 3.8) is 0 Å². The van der Waals surface area contributed by atoms with E-state index in [0.29, 0.717) is 18.0 Å². The summed E-state index contributed by atoms with van der Waals surface area (Å²) in [6, 6.07) is 5.32. The van der Waals surface area contributed by atoms with Gasteiger partial charge in [-0.25, -0.2) is 0 Å². The highest BCUT2D eigenvalue weighted by Crippen LogP contribution is 2.34. The van der Waals surface area contributed by atoms with Gasteiger partial charge in [-0.2, -0.15) is 0 Å². The molecule has 82 valence electrons. The van der Waals surface area contributed by atoms with Gasteiger partial charge in [0.05, 0.1) is 0 Å². The minimum atomic E-state index is -0.532. The topological polar surface area (TPSA) is 75.6 Å². The summed E-state index contributed by atoms with van der Waals surface area (Å²) in [5, 5.41) is 9.27. The molecule has 0 saturated carbocycles. The van der Waals surface area contributed by atoms with Crippen molar-refractivity contribution in [2.45, 2.75) is 6.10 Å². The molecular formula is C10H14NO4+. The van der Waals surface area contributed by atoms with Crippen LogP contribution in [-0.2, 0) is 0 Å². The summed E-state index contributed by atoms with van der Waals surface area (Å²) in [6.45, 7) is 0.925. The summed E-state index contributed by atoms with van der Waals surface area (Å²) in [7, 11) is 0. The van der Waals surface area contributed by atoms with Crippen molar-refractivity contribution in [3.05, 3.63) is 18.2 Å². The molecule has 0 spiro atoms. The molecule has 0 bridgehead atoms. The standard InChI is InChI=1S/C10H13NO4/c11-4-7(12)5-13-8-1-2-9-10(3-8)15-6-14-9/h1-3,7,12H,4-6,11H2/p+1/t7-/m0/s1. The molecule has 5 heteroatoms. The Morgan fingerprint density at radius 2 is 2.20 bits per heavy atom. The molecule has 0 fully saturated rings. The van der Waals surface area contributed by atoms with Crippen LogP contribution in [0.2, 0.25) is 0 Å². The van der Waals surface area contributed by atoms with E-state index in [4.69, 9.17) is 14.2 Å². The van der Waals surface area contributed by atoms with Gasteiger partial charge in [-0.05, 0) is 12.1 Å². The zero-order valence-corrected chi connectivity index (χ0v) is 8.31. The molecule has 0 amide bonds. The molecule has 1 aliphatic heterocycles. The Balaban J connectivity index is 1.98. The number of ether oxygens (including phenoxy) is 3. The molecule has 1 aromatic carbocycles. The summed E-state index contributed by atoms with van der Waals surface area (Å²) in [5.41, 5.74) is 3.58. The lowest BCUT2D eigenvalue weighted by atomic mass is 10.3. The molecule has 0 aromatic heterocycles. The Kier molecular flexibility index (Phi) is 2.94. The smallest absolute Gasteiger partial charge is 0.231 e. The van der Waals surface area contributed by atoms with E-state index in [1.54, 1.807) is 18.2 Å². The second kappa shape index (κ2) is 4.37. The molecule has 1 atom stereocenters. The van der Waals surface area contributed by atoms with Crippen molar-refractivity contribution in [1.29, 1.82) is 0 Å². The van der Waals surface area contributed by atoms with Crippen molar-refractivity contribution in [3.8, 4) is 17.2 Å². The van der Waals surface area contributed by atoms with E-state index in [-0.39, 0.29) is 13.4 Å². The molecule has 1 heterocycles. The fourth-order valence-electron chi connectivity index (χ4n) is 1.24. The lowest BCUT2D eigenvalue weighted by Gasteiger charge is -2.09. The average molecular weight is 212 g/mol. The van der Waals surface area contributed by atoms with Gasteiger partial charge in [-0.15, -0.1) is 0 Å². The van der Waals surface area contributed by atoms with Crippen LogP contribution in [0.15, 0.2) is 18.2 Å². The predicted molar refractivity (Wildman–Crippen MR) is 51.8 cm³/mol. The van der Waals surface area contributed by atoms with Crippen LogP contribution in [0.1, 0.15) is 0 Å². The zero-order chi connectivity index (χ0) is 10.7. The van der Waals surface area contributed by atoms with E-state index in [9.17, 15) is 5.11 Å². The van der Waals surface area contributed by atoms with Gasteiger partial charge in [-0.1, -0.05) is 0 Å². The first-order chi connectivity index (χ1) is 7.29. The average Bonchev–Trinajstić information content (AvgIpc) is 2.72. The van der Waals surface area contributed by atoms with Crippen LogP contribution in [0.5, 0.6) is 17.2 Å². The number of aliphatic hydroxyl groups is 1. The number of aliphatic hydroxyl groups excluding tert-OH is 1. The quantitative estimate of drug-likeness (QED) is 0.698. The number of hydrogen-bond acceptors (Lipinski definition) is 4. The number of hydrogen-bond donors (Lipinski definition) is 2. The van der Waals surface area contributed by atoms with E-state index in [1.807, 2.05) is 0 Å². The maximum absolute atomic E-state index is 9.27. The highest BCUT2D eigenvalue weighted by atomic mass is 16.7. The second-order valence-electron chi connectivity index (χ2n) is 3.27. The summed E-state index contributed by atoms with van der Waals surface area (Å²) >= 11 is 0. The Bertz CT molecular complexity index is 342. The first kappa shape index (κ1) is 10.1. The molecule has 15 heavy (non-hydrogen) atoms. The maximum atomic E-state index is 9.27. The highest BCUT2D eigenvalue weighted by molar-refractivity contribution is 5.46. The van der Waals surface area contributed by atoms with Crippen LogP contribution in [0.4, 0.5) is 0 Å². The molecule has 1 aliphatic rings. The zero-order valence-electron chi connectivity index (χ0n) is 8.31. The van der Waals surface area contributed by atoms with Gasteiger partial charge in [0, 0.05) is 6.07 Å². The number of benzene rings is 1. The largest absolute Gasteiger partial charge is 0.491 e. The molecule has 0 radical (unpaired) electrons. The predicted octanol–water partition coefficient (Wildman–Crippen LogP) is -0.603. The molecular weight excluding hydrogens is 198 g/mol. The second-order valence-corrected chi connectivity index (χ2v) is 3.27. The number of fused-ring (bicyclic) bond motifs is 1. The number of quaternary nitrogens is 1. The Morgan fingerprint density at radius 3 is 3.00 bits per heavy atom. The monoisotopic (exact) mass is 212 g/mol. The van der Waals surface area contributed by atoms with Gasteiger partial charge in [0.25, 0.3) is 0 Å². The lowest BCUT2D eigenvalue weighted by Crippen LogP contribution is -2.56. The Morgan fingerprint density at radius 1 is 1.40 bits per heavy atom. The van der Waals surface area contributed by atoms with Gasteiger partial charge in [0.2, 0.25) is 6.79 Å². The Hall–Kier alpha value is -1.46. The highest BCUT2D eigenvalue weighted by Gasteiger charge is 2.14. The van der Waals surface area contributed by atoms with E-state index in [0.717, 1.165) is 5.75 Å². The molecule has 1 aromatic rings. The fourth-order valence-corrected chi connectivity index (χ4v) is 1.24. The van der Waals surface area contributed by atoms with Crippen LogP contribution in [0.3, 0.4) is 0 Å². The molecule has 0 unspecified atom stereocenters. The van der Waals surface area contributed by atoms with Crippen LogP contribution in [0, 0.1) is 0 Å². The van der Waals surface area contributed by atoms with Crippen molar-refractivity contribution in [2.24, 2.45) is 0 Å². The van der Waals surface area contributed by atoms with Crippen LogP contribution >= 0.6 is 0 Å². The number of rotatable bonds is 4. The van der Waals surface area contributed by atoms with Gasteiger partial charge < -0.3 is 25.1 Å².